The van der Waals surface area contributed by atoms with Gasteiger partial charge in [-0.1, -0.05) is 160 Å². The number of nitrogens with zero attached hydrogens (tertiary/aromatic N) is 2. The zero-order valence-corrected chi connectivity index (χ0v) is 41.1. The van der Waals surface area contributed by atoms with Gasteiger partial charge in [-0.2, -0.15) is 0 Å². The molecular formula is C59H72F2N2O6. The average Bonchev–Trinajstić information content (AvgIpc) is 3.36. The fraction of sp³-hybridized carbons (Fsp3) is 0.424. The Hall–Kier alpha value is -6.16. The molecule has 69 heavy (non-hydrogen) atoms. The molecule has 10 heteroatoms. The minimum Gasteiger partial charge on any atom is -0.491 e. The molecule has 0 aromatic heterocycles. The maximum atomic E-state index is 14.8. The van der Waals surface area contributed by atoms with Crippen molar-refractivity contribution < 1.29 is 37.3 Å². The number of hydrogen-bond donors (Lipinski definition) is 0. The average molecular weight is 943 g/mol. The Kier molecular flexibility index (Phi) is 24.2. The van der Waals surface area contributed by atoms with Crippen LogP contribution in [0, 0.1) is 18.6 Å². The molecule has 0 aliphatic heterocycles. The molecule has 0 atom stereocenters. The highest BCUT2D eigenvalue weighted by atomic mass is 19.1. The predicted molar refractivity (Wildman–Crippen MR) is 276 cm³/mol. The lowest BCUT2D eigenvalue weighted by atomic mass is 10.1. The van der Waals surface area contributed by atoms with Crippen LogP contribution >= 0.6 is 0 Å². The number of ether oxygens (including phenoxy) is 4. The van der Waals surface area contributed by atoms with E-state index in [4.69, 9.17) is 18.9 Å². The highest BCUT2D eigenvalue weighted by Crippen LogP contribution is 2.30. The van der Waals surface area contributed by atoms with Crippen molar-refractivity contribution in [1.82, 2.24) is 0 Å². The fourth-order valence-electron chi connectivity index (χ4n) is 7.76. The number of benzene rings is 5. The number of esters is 2. The van der Waals surface area contributed by atoms with Crippen molar-refractivity contribution in [2.45, 2.75) is 149 Å². The van der Waals surface area contributed by atoms with E-state index in [-0.39, 0.29) is 23.0 Å². The smallest absolute Gasteiger partial charge is 0.343 e. The molecule has 0 N–H and O–H groups in total. The van der Waals surface area contributed by atoms with Crippen LogP contribution in [0.5, 0.6) is 23.0 Å². The summed E-state index contributed by atoms with van der Waals surface area (Å²) in [5, 5.41) is 0. The normalized spacial score (nSPS) is 11.4. The van der Waals surface area contributed by atoms with Crippen LogP contribution in [0.1, 0.15) is 180 Å². The van der Waals surface area contributed by atoms with E-state index in [1.54, 1.807) is 110 Å². The number of carbonyl (C=O) groups is 2. The van der Waals surface area contributed by atoms with E-state index in [1.165, 1.54) is 115 Å². The van der Waals surface area contributed by atoms with Crippen molar-refractivity contribution in [2.24, 2.45) is 9.98 Å². The summed E-state index contributed by atoms with van der Waals surface area (Å²) < 4.78 is 52.3. The van der Waals surface area contributed by atoms with Crippen LogP contribution in [-0.2, 0) is 0 Å². The van der Waals surface area contributed by atoms with E-state index < -0.39 is 23.6 Å². The maximum Gasteiger partial charge on any atom is 0.343 e. The van der Waals surface area contributed by atoms with Crippen molar-refractivity contribution in [3.8, 4) is 23.0 Å². The Labute approximate surface area is 409 Å². The molecule has 0 saturated heterocycles. The number of halogens is 2. The molecule has 0 spiro atoms. The number of hydrogen-bond acceptors (Lipinski definition) is 8. The molecule has 0 radical (unpaired) electrons. The monoisotopic (exact) mass is 943 g/mol. The van der Waals surface area contributed by atoms with Crippen LogP contribution < -0.4 is 18.9 Å². The van der Waals surface area contributed by atoms with Crippen LogP contribution in [0.25, 0.3) is 0 Å². The summed E-state index contributed by atoms with van der Waals surface area (Å²) in [6, 6.07) is 27.5. The third-order valence-corrected chi connectivity index (χ3v) is 12.0. The second-order valence-corrected chi connectivity index (χ2v) is 17.7. The topological polar surface area (TPSA) is 95.8 Å². The fourth-order valence-corrected chi connectivity index (χ4v) is 7.76. The molecule has 368 valence electrons. The van der Waals surface area contributed by atoms with Crippen LogP contribution in [0.15, 0.2) is 113 Å². The van der Waals surface area contributed by atoms with Gasteiger partial charge in [0.1, 0.15) is 11.5 Å². The molecular weight excluding hydrogens is 871 g/mol. The van der Waals surface area contributed by atoms with Gasteiger partial charge in [0.2, 0.25) is 0 Å². The number of aliphatic imine (C=N–C) groups is 2. The number of unbranched alkanes of at least 4 members (excludes halogenated alkanes) is 18. The Morgan fingerprint density at radius 3 is 1.14 bits per heavy atom. The van der Waals surface area contributed by atoms with Gasteiger partial charge in [0.25, 0.3) is 0 Å². The standard InChI is InChI=1S/C59H72F2N2O6/c1-4-6-8-10-12-14-16-18-20-22-39-66-56-37-35-50(41-52(56)60)62-43-46-27-31-48(32-28-46)58(64)68-54-25-24-26-55(45(54)3)69-59(65)49-33-29-47(30-34-49)44-63-51-36-38-57(53(61)42-51)67-40-23-21-19-17-15-13-11-9-7-5-2/h24-38,41-44H,4-23,39-40H2,1-3H3. The molecule has 0 bridgehead atoms. The summed E-state index contributed by atoms with van der Waals surface area (Å²) in [4.78, 5) is 35.1. The Balaban J connectivity index is 1.02. The minimum absolute atomic E-state index is 0.221. The lowest BCUT2D eigenvalue weighted by molar-refractivity contribution is 0.0730. The second kappa shape index (κ2) is 31.1. The van der Waals surface area contributed by atoms with Crippen molar-refractivity contribution in [3.05, 3.63) is 143 Å². The van der Waals surface area contributed by atoms with Crippen molar-refractivity contribution in [3.63, 3.8) is 0 Å². The summed E-state index contributed by atoms with van der Waals surface area (Å²) in [5.41, 5.74) is 3.38. The summed E-state index contributed by atoms with van der Waals surface area (Å²) in [5.74, 6) is -1.18. The first kappa shape index (κ1) is 53.8. The number of carbonyl (C=O) groups excluding carboxylic acids is 2. The van der Waals surface area contributed by atoms with Gasteiger partial charge < -0.3 is 18.9 Å². The Bertz CT molecular complexity index is 2200. The lowest BCUT2D eigenvalue weighted by Gasteiger charge is -2.12. The van der Waals surface area contributed by atoms with Crippen molar-refractivity contribution >= 4 is 35.7 Å². The van der Waals surface area contributed by atoms with Crippen LogP contribution in [0.4, 0.5) is 20.2 Å². The third-order valence-electron chi connectivity index (χ3n) is 12.0. The molecule has 0 fully saturated rings. The Morgan fingerprint density at radius 1 is 0.449 bits per heavy atom. The molecule has 0 aliphatic carbocycles. The van der Waals surface area contributed by atoms with Crippen LogP contribution in [0.2, 0.25) is 0 Å². The molecule has 0 aliphatic rings. The van der Waals surface area contributed by atoms with Crippen LogP contribution in [0.3, 0.4) is 0 Å². The zero-order chi connectivity index (χ0) is 48.9. The first-order chi connectivity index (χ1) is 33.7. The molecule has 0 heterocycles. The first-order valence-corrected chi connectivity index (χ1v) is 25.4. The molecule has 8 nitrogen and oxygen atoms in total. The lowest BCUT2D eigenvalue weighted by Crippen LogP contribution is -2.12. The summed E-state index contributed by atoms with van der Waals surface area (Å²) >= 11 is 0. The summed E-state index contributed by atoms with van der Waals surface area (Å²) in [7, 11) is 0. The molecule has 0 saturated carbocycles. The van der Waals surface area contributed by atoms with E-state index in [0.717, 1.165) is 25.7 Å². The van der Waals surface area contributed by atoms with Crippen LogP contribution in [-0.4, -0.2) is 37.6 Å². The highest BCUT2D eigenvalue weighted by molar-refractivity contribution is 5.94. The highest BCUT2D eigenvalue weighted by Gasteiger charge is 2.16. The number of rotatable bonds is 32. The molecule has 0 amide bonds. The SMILES string of the molecule is CCCCCCCCCCCCOc1ccc(N=Cc2ccc(C(=O)Oc3cccc(OC(=O)c4ccc(C=Nc5ccc(OCCCCCCCCCCCC)c(F)c5)cc4)c3C)cc2)cc1F. The van der Waals surface area contributed by atoms with E-state index in [9.17, 15) is 18.4 Å². The maximum absolute atomic E-state index is 14.8. The van der Waals surface area contributed by atoms with E-state index in [2.05, 4.69) is 23.8 Å². The van der Waals surface area contributed by atoms with Gasteiger partial charge in [-0.05, 0) is 91.6 Å². The van der Waals surface area contributed by atoms with Gasteiger partial charge in [-0.15, -0.1) is 0 Å². The molecule has 0 unspecified atom stereocenters. The first-order valence-electron chi connectivity index (χ1n) is 25.4. The van der Waals surface area contributed by atoms with E-state index >= 15 is 0 Å². The van der Waals surface area contributed by atoms with Gasteiger partial charge in [0, 0.05) is 30.1 Å². The predicted octanol–water partition coefficient (Wildman–Crippen LogP) is 16.8. The largest absolute Gasteiger partial charge is 0.491 e. The van der Waals surface area contributed by atoms with Gasteiger partial charge in [-0.3, -0.25) is 9.98 Å². The van der Waals surface area contributed by atoms with Gasteiger partial charge in [-0.25, -0.2) is 18.4 Å². The van der Waals surface area contributed by atoms with E-state index in [0.29, 0.717) is 52.4 Å². The molecule has 5 rings (SSSR count). The third kappa shape index (κ3) is 19.8. The summed E-state index contributed by atoms with van der Waals surface area (Å²) in [6.07, 6.45) is 27.7. The van der Waals surface area contributed by atoms with Crippen molar-refractivity contribution in [2.75, 3.05) is 13.2 Å². The van der Waals surface area contributed by atoms with Crippen molar-refractivity contribution in [1.29, 1.82) is 0 Å². The molecule has 5 aromatic carbocycles. The molecule has 5 aromatic rings. The second-order valence-electron chi connectivity index (χ2n) is 17.7. The summed E-state index contributed by atoms with van der Waals surface area (Å²) in [6.45, 7) is 7.14. The minimum atomic E-state index is -0.593. The van der Waals surface area contributed by atoms with Gasteiger partial charge in [0.15, 0.2) is 23.1 Å². The van der Waals surface area contributed by atoms with E-state index in [1.807, 2.05) is 0 Å². The quantitative estimate of drug-likeness (QED) is 0.0184. The van der Waals surface area contributed by atoms with Gasteiger partial charge in [0.05, 0.1) is 35.7 Å². The zero-order valence-electron chi connectivity index (χ0n) is 41.1. The Morgan fingerprint density at radius 2 is 0.797 bits per heavy atom. The van der Waals surface area contributed by atoms with Gasteiger partial charge >= 0.3 is 11.9 Å².